The van der Waals surface area contributed by atoms with Crippen LogP contribution in [0.4, 0.5) is 5.69 Å². The number of hydrogen-bond donors (Lipinski definition) is 2. The summed E-state index contributed by atoms with van der Waals surface area (Å²) < 4.78 is 5.65. The molecule has 1 atom stereocenters. The molecule has 25 heavy (non-hydrogen) atoms. The highest BCUT2D eigenvalue weighted by atomic mass is 32.2. The summed E-state index contributed by atoms with van der Waals surface area (Å²) in [4.78, 5) is 23.9. The SMILES string of the molecule is CSc1ccc(OC(C)C(=O)Nc2ccc(CCC(=O)O)cc2)cc1. The number of benzene rings is 2. The lowest BCUT2D eigenvalue weighted by Crippen LogP contribution is -2.30. The molecule has 2 aromatic carbocycles. The maximum Gasteiger partial charge on any atom is 0.303 e. The predicted molar refractivity (Wildman–Crippen MR) is 99.3 cm³/mol. The molecule has 2 aromatic rings. The van der Waals surface area contributed by atoms with Crippen LogP contribution in [0.25, 0.3) is 0 Å². The fourth-order valence-electron chi connectivity index (χ4n) is 2.16. The molecule has 1 unspecified atom stereocenters. The van der Waals surface area contributed by atoms with E-state index in [0.717, 1.165) is 10.5 Å². The maximum atomic E-state index is 12.2. The topological polar surface area (TPSA) is 75.6 Å². The zero-order chi connectivity index (χ0) is 18.2. The van der Waals surface area contributed by atoms with Gasteiger partial charge in [0.25, 0.3) is 5.91 Å². The van der Waals surface area contributed by atoms with E-state index in [1.165, 1.54) is 0 Å². The number of carboxylic acids is 1. The van der Waals surface area contributed by atoms with Gasteiger partial charge in [-0.05, 0) is 61.6 Å². The van der Waals surface area contributed by atoms with Crippen molar-refractivity contribution in [3.05, 3.63) is 54.1 Å². The molecule has 0 aliphatic rings. The van der Waals surface area contributed by atoms with Crippen molar-refractivity contribution in [2.75, 3.05) is 11.6 Å². The number of aliphatic carboxylic acids is 1. The number of carboxylic acid groups (broad SMARTS) is 1. The third-order valence-electron chi connectivity index (χ3n) is 3.59. The second-order valence-electron chi connectivity index (χ2n) is 5.52. The van der Waals surface area contributed by atoms with Gasteiger partial charge >= 0.3 is 5.97 Å². The normalized spacial score (nSPS) is 11.6. The summed E-state index contributed by atoms with van der Waals surface area (Å²) in [6, 6.07) is 14.7. The van der Waals surface area contributed by atoms with Crippen molar-refractivity contribution in [2.24, 2.45) is 0 Å². The molecule has 5 nitrogen and oxygen atoms in total. The van der Waals surface area contributed by atoms with Gasteiger partial charge in [0.1, 0.15) is 5.75 Å². The van der Waals surface area contributed by atoms with Crippen LogP contribution in [0, 0.1) is 0 Å². The Hall–Kier alpha value is -2.47. The fourth-order valence-corrected chi connectivity index (χ4v) is 2.57. The van der Waals surface area contributed by atoms with Crippen LogP contribution in [-0.4, -0.2) is 29.3 Å². The molecule has 132 valence electrons. The second-order valence-corrected chi connectivity index (χ2v) is 6.40. The van der Waals surface area contributed by atoms with E-state index in [0.29, 0.717) is 17.9 Å². The smallest absolute Gasteiger partial charge is 0.303 e. The molecule has 0 saturated carbocycles. The Balaban J connectivity index is 1.88. The number of carbonyl (C=O) groups is 2. The minimum absolute atomic E-state index is 0.0892. The van der Waals surface area contributed by atoms with Gasteiger partial charge in [0.05, 0.1) is 0 Å². The van der Waals surface area contributed by atoms with Crippen LogP contribution in [0.5, 0.6) is 5.75 Å². The number of ether oxygens (including phenoxy) is 1. The first-order chi connectivity index (χ1) is 12.0. The van der Waals surface area contributed by atoms with Crippen LogP contribution >= 0.6 is 11.8 Å². The molecule has 0 radical (unpaired) electrons. The third kappa shape index (κ3) is 6.15. The van der Waals surface area contributed by atoms with E-state index in [2.05, 4.69) is 5.32 Å². The van der Waals surface area contributed by atoms with Gasteiger partial charge in [-0.15, -0.1) is 11.8 Å². The third-order valence-corrected chi connectivity index (χ3v) is 4.33. The Morgan fingerprint density at radius 1 is 1.12 bits per heavy atom. The molecule has 0 aliphatic heterocycles. The van der Waals surface area contributed by atoms with Gasteiger partial charge < -0.3 is 15.2 Å². The molecule has 0 aromatic heterocycles. The number of hydrogen-bond acceptors (Lipinski definition) is 4. The average Bonchev–Trinajstić information content (AvgIpc) is 2.61. The largest absolute Gasteiger partial charge is 0.481 e. The Labute approximate surface area is 151 Å². The van der Waals surface area contributed by atoms with Crippen LogP contribution < -0.4 is 10.1 Å². The molecule has 2 rings (SSSR count). The Morgan fingerprint density at radius 2 is 1.76 bits per heavy atom. The Kier molecular flexibility index (Phi) is 6.89. The molecule has 0 spiro atoms. The van der Waals surface area contributed by atoms with Crippen molar-refractivity contribution in [1.29, 1.82) is 0 Å². The molecule has 2 N–H and O–H groups in total. The molecule has 0 fully saturated rings. The minimum Gasteiger partial charge on any atom is -0.481 e. The van der Waals surface area contributed by atoms with Crippen LogP contribution in [-0.2, 0) is 16.0 Å². The lowest BCUT2D eigenvalue weighted by atomic mass is 10.1. The zero-order valence-corrected chi connectivity index (χ0v) is 15.0. The monoisotopic (exact) mass is 359 g/mol. The van der Waals surface area contributed by atoms with Gasteiger partial charge in [-0.25, -0.2) is 0 Å². The van der Waals surface area contributed by atoms with Crippen molar-refractivity contribution >= 4 is 29.3 Å². The summed E-state index contributed by atoms with van der Waals surface area (Å²) in [6.07, 6.45) is 1.92. The molecule has 0 bridgehead atoms. The first-order valence-corrected chi connectivity index (χ1v) is 9.12. The Bertz CT molecular complexity index is 713. The quantitative estimate of drug-likeness (QED) is 0.701. The summed E-state index contributed by atoms with van der Waals surface area (Å²) in [5.74, 6) is -0.425. The van der Waals surface area contributed by atoms with Crippen LogP contribution in [0.1, 0.15) is 18.9 Å². The number of rotatable bonds is 8. The highest BCUT2D eigenvalue weighted by Gasteiger charge is 2.15. The van der Waals surface area contributed by atoms with Crippen molar-refractivity contribution in [2.45, 2.75) is 30.8 Å². The molecule has 0 aliphatic carbocycles. The first-order valence-electron chi connectivity index (χ1n) is 7.90. The van der Waals surface area contributed by atoms with E-state index in [1.807, 2.05) is 42.7 Å². The molecular formula is C19H21NO4S. The number of nitrogens with one attached hydrogen (secondary N) is 1. The van der Waals surface area contributed by atoms with Gasteiger partial charge in [-0.3, -0.25) is 9.59 Å². The summed E-state index contributed by atoms with van der Waals surface area (Å²) >= 11 is 1.64. The second kappa shape index (κ2) is 9.13. The lowest BCUT2D eigenvalue weighted by Gasteiger charge is -2.15. The highest BCUT2D eigenvalue weighted by molar-refractivity contribution is 7.98. The molecule has 0 saturated heterocycles. The van der Waals surface area contributed by atoms with Crippen LogP contribution in [0.3, 0.4) is 0 Å². The number of amides is 1. The van der Waals surface area contributed by atoms with E-state index < -0.39 is 12.1 Å². The van der Waals surface area contributed by atoms with E-state index in [9.17, 15) is 9.59 Å². The van der Waals surface area contributed by atoms with E-state index >= 15 is 0 Å². The van der Waals surface area contributed by atoms with E-state index in [-0.39, 0.29) is 12.3 Å². The Morgan fingerprint density at radius 3 is 2.32 bits per heavy atom. The summed E-state index contributed by atoms with van der Waals surface area (Å²) in [6.45, 7) is 1.69. The van der Waals surface area contributed by atoms with Gasteiger partial charge in [-0.2, -0.15) is 0 Å². The molecule has 1 amide bonds. The van der Waals surface area contributed by atoms with Gasteiger partial charge in [0.2, 0.25) is 0 Å². The standard InChI is InChI=1S/C19H21NO4S/c1-13(24-16-8-10-17(25-2)11-9-16)19(23)20-15-6-3-14(4-7-15)5-12-18(21)22/h3-4,6-11,13H,5,12H2,1-2H3,(H,20,23)(H,21,22). The molecule has 0 heterocycles. The maximum absolute atomic E-state index is 12.2. The van der Waals surface area contributed by atoms with Crippen LogP contribution in [0.15, 0.2) is 53.4 Å². The average molecular weight is 359 g/mol. The number of thioether (sulfide) groups is 1. The fraction of sp³-hybridized carbons (Fsp3) is 0.263. The molecule has 6 heteroatoms. The van der Waals surface area contributed by atoms with Crippen molar-refractivity contribution in [3.8, 4) is 5.75 Å². The van der Waals surface area contributed by atoms with E-state index in [1.54, 1.807) is 30.8 Å². The number of carbonyl (C=O) groups excluding carboxylic acids is 1. The van der Waals surface area contributed by atoms with Gasteiger partial charge in [0.15, 0.2) is 6.10 Å². The summed E-state index contributed by atoms with van der Waals surface area (Å²) in [5.41, 5.74) is 1.57. The highest BCUT2D eigenvalue weighted by Crippen LogP contribution is 2.20. The minimum atomic E-state index is -0.825. The van der Waals surface area contributed by atoms with Crippen LogP contribution in [0.2, 0.25) is 0 Å². The number of anilines is 1. The van der Waals surface area contributed by atoms with Gasteiger partial charge in [0, 0.05) is 17.0 Å². The van der Waals surface area contributed by atoms with Crippen molar-refractivity contribution in [1.82, 2.24) is 0 Å². The van der Waals surface area contributed by atoms with E-state index in [4.69, 9.17) is 9.84 Å². The first kappa shape index (κ1) is 18.9. The molecular weight excluding hydrogens is 338 g/mol. The summed E-state index contributed by atoms with van der Waals surface area (Å²) in [5, 5.41) is 11.5. The van der Waals surface area contributed by atoms with Gasteiger partial charge in [-0.1, -0.05) is 12.1 Å². The van der Waals surface area contributed by atoms with Crippen molar-refractivity contribution < 1.29 is 19.4 Å². The van der Waals surface area contributed by atoms with Crippen molar-refractivity contribution in [3.63, 3.8) is 0 Å². The predicted octanol–water partition coefficient (Wildman–Crippen LogP) is 3.83. The lowest BCUT2D eigenvalue weighted by molar-refractivity contribution is -0.137. The zero-order valence-electron chi connectivity index (χ0n) is 14.2. The number of aryl methyl sites for hydroxylation is 1. The summed E-state index contributed by atoms with van der Waals surface area (Å²) in [7, 11) is 0.